The number of ether oxygens (including phenoxy) is 4. The molecule has 0 heterocycles. The summed E-state index contributed by atoms with van der Waals surface area (Å²) in [5.41, 5.74) is 0.706. The van der Waals surface area contributed by atoms with E-state index in [4.69, 9.17) is 18.9 Å². The van der Waals surface area contributed by atoms with Crippen molar-refractivity contribution in [3.63, 3.8) is 0 Å². The van der Waals surface area contributed by atoms with Crippen LogP contribution in [0.2, 0.25) is 0 Å². The molecule has 0 bridgehead atoms. The number of carboxylic acids is 1. The van der Waals surface area contributed by atoms with Crippen LogP contribution in [0.4, 0.5) is 26.7 Å². The third-order valence-electron chi connectivity index (χ3n) is 5.22. The van der Waals surface area contributed by atoms with E-state index in [-0.39, 0.29) is 52.4 Å². The van der Waals surface area contributed by atoms with Gasteiger partial charge in [0.25, 0.3) is 0 Å². The van der Waals surface area contributed by atoms with Crippen LogP contribution in [-0.2, 0) is 20.7 Å². The summed E-state index contributed by atoms with van der Waals surface area (Å²) in [4.78, 5) is 25.0. The third kappa shape index (κ3) is 12.3. The lowest BCUT2D eigenvalue weighted by Gasteiger charge is -2.22. The van der Waals surface area contributed by atoms with E-state index in [1.807, 2.05) is 0 Å². The first-order valence-electron chi connectivity index (χ1n) is 12.1. The van der Waals surface area contributed by atoms with Gasteiger partial charge in [0.2, 0.25) is 0 Å². The van der Waals surface area contributed by atoms with Crippen molar-refractivity contribution in [2.45, 2.75) is 38.5 Å². The van der Waals surface area contributed by atoms with Crippen LogP contribution in [0.15, 0.2) is 42.5 Å². The molecule has 0 radical (unpaired) electrons. The highest BCUT2D eigenvalue weighted by Gasteiger charge is 2.26. The van der Waals surface area contributed by atoms with E-state index in [0.717, 1.165) is 17.0 Å². The van der Waals surface area contributed by atoms with Gasteiger partial charge in [0.1, 0.15) is 18.2 Å². The minimum atomic E-state index is -4.30. The summed E-state index contributed by atoms with van der Waals surface area (Å²) >= 11 is 0. The van der Waals surface area contributed by atoms with E-state index in [9.17, 15) is 36.6 Å². The second-order valence-electron chi connectivity index (χ2n) is 8.24. The van der Waals surface area contributed by atoms with Crippen molar-refractivity contribution in [2.75, 3.05) is 39.5 Å². The number of carbonyl (C=O) groups excluding carboxylic acids is 1. The van der Waals surface area contributed by atoms with Crippen LogP contribution < -0.4 is 9.47 Å². The number of benzene rings is 2. The van der Waals surface area contributed by atoms with E-state index in [1.165, 1.54) is 0 Å². The van der Waals surface area contributed by atoms with Crippen molar-refractivity contribution in [1.29, 1.82) is 0 Å². The van der Waals surface area contributed by atoms with Gasteiger partial charge >= 0.3 is 18.2 Å². The minimum absolute atomic E-state index is 0.0366. The number of carbonyl (C=O) groups is 2. The fourth-order valence-electron chi connectivity index (χ4n) is 3.29. The molecule has 2 aromatic carbocycles. The monoisotopic (exact) mass is 563 g/mol. The quantitative estimate of drug-likeness (QED) is 0.221. The van der Waals surface area contributed by atoms with Crippen molar-refractivity contribution in [3.8, 4) is 11.5 Å². The molecule has 2 rings (SSSR count). The maximum atomic E-state index is 13.9. The molecule has 0 aromatic heterocycles. The molecule has 1 atom stereocenters. The molecule has 13 heteroatoms. The number of nitrogens with zero attached hydrogens (tertiary/aromatic N) is 1. The van der Waals surface area contributed by atoms with Gasteiger partial charge in [0.15, 0.2) is 17.7 Å². The fraction of sp³-hybridized carbons (Fsp3) is 0.462. The first-order chi connectivity index (χ1) is 18.5. The molecule has 1 N–H and O–H groups in total. The van der Waals surface area contributed by atoms with Crippen molar-refractivity contribution in [1.82, 2.24) is 4.90 Å². The number of rotatable bonds is 16. The number of hydrogen-bond donors (Lipinski definition) is 1. The second-order valence-corrected chi connectivity index (χ2v) is 8.24. The van der Waals surface area contributed by atoms with Gasteiger partial charge < -0.3 is 29.0 Å². The lowest BCUT2D eigenvalue weighted by atomic mass is 10.1. The van der Waals surface area contributed by atoms with Crippen molar-refractivity contribution in [2.24, 2.45) is 0 Å². The highest BCUT2D eigenvalue weighted by atomic mass is 19.4. The number of carboxylic acid groups (broad SMARTS) is 1. The maximum Gasteiger partial charge on any atom is 0.415 e. The highest BCUT2D eigenvalue weighted by molar-refractivity contribution is 5.72. The molecule has 0 aliphatic rings. The van der Waals surface area contributed by atoms with Gasteiger partial charge in [-0.05, 0) is 43.2 Å². The van der Waals surface area contributed by atoms with Crippen LogP contribution in [0.1, 0.15) is 25.3 Å². The fourth-order valence-corrected chi connectivity index (χ4v) is 3.29. The Kier molecular flexibility index (Phi) is 12.9. The van der Waals surface area contributed by atoms with Gasteiger partial charge in [-0.15, -0.1) is 0 Å². The normalized spacial score (nSPS) is 12.2. The zero-order chi connectivity index (χ0) is 28.8. The average Bonchev–Trinajstić information content (AvgIpc) is 2.86. The Balaban J connectivity index is 1.93. The predicted octanol–water partition coefficient (Wildman–Crippen LogP) is 5.24. The SMILES string of the molecule is CCOC(Cc1ccc(OCCN(CCOCCCC(F)(F)F)C(=O)Oc2ccc(F)cc2F)cc1)C(=O)O. The topological polar surface area (TPSA) is 94.5 Å². The molecule has 216 valence electrons. The van der Waals surface area contributed by atoms with Crippen molar-refractivity contribution >= 4 is 12.1 Å². The summed E-state index contributed by atoms with van der Waals surface area (Å²) in [5.74, 6) is -3.09. The van der Waals surface area contributed by atoms with Crippen LogP contribution in [0.25, 0.3) is 0 Å². The molecule has 0 aliphatic carbocycles. The summed E-state index contributed by atoms with van der Waals surface area (Å²) in [6.07, 6.45) is -7.36. The Hall–Kier alpha value is -3.45. The van der Waals surface area contributed by atoms with E-state index >= 15 is 0 Å². The van der Waals surface area contributed by atoms with Crippen molar-refractivity contribution in [3.05, 3.63) is 59.7 Å². The van der Waals surface area contributed by atoms with Gasteiger partial charge in [0.05, 0.1) is 13.2 Å². The summed E-state index contributed by atoms with van der Waals surface area (Å²) < 4.78 is 84.8. The summed E-state index contributed by atoms with van der Waals surface area (Å²) in [6.45, 7) is 1.48. The zero-order valence-corrected chi connectivity index (χ0v) is 21.2. The highest BCUT2D eigenvalue weighted by Crippen LogP contribution is 2.21. The van der Waals surface area contributed by atoms with Crippen LogP contribution >= 0.6 is 0 Å². The lowest BCUT2D eigenvalue weighted by molar-refractivity contribution is -0.150. The van der Waals surface area contributed by atoms with Gasteiger partial charge in [-0.3, -0.25) is 0 Å². The Bertz CT molecular complexity index is 1050. The number of amides is 1. The Morgan fingerprint density at radius 1 is 1.00 bits per heavy atom. The molecule has 1 unspecified atom stereocenters. The van der Waals surface area contributed by atoms with E-state index in [2.05, 4.69) is 0 Å². The molecule has 39 heavy (non-hydrogen) atoms. The minimum Gasteiger partial charge on any atom is -0.492 e. The van der Waals surface area contributed by atoms with Gasteiger partial charge in [-0.2, -0.15) is 13.2 Å². The first-order valence-corrected chi connectivity index (χ1v) is 12.1. The molecular formula is C26H30F5NO7. The Morgan fingerprint density at radius 2 is 1.69 bits per heavy atom. The van der Waals surface area contributed by atoms with Gasteiger partial charge in [0, 0.05) is 38.7 Å². The van der Waals surface area contributed by atoms with Crippen LogP contribution in [0.5, 0.6) is 11.5 Å². The summed E-state index contributed by atoms with van der Waals surface area (Å²) in [5, 5.41) is 9.21. The molecule has 0 saturated heterocycles. The lowest BCUT2D eigenvalue weighted by Crippen LogP contribution is -2.39. The molecular weight excluding hydrogens is 533 g/mol. The van der Waals surface area contributed by atoms with Crippen LogP contribution in [0.3, 0.4) is 0 Å². The summed E-state index contributed by atoms with van der Waals surface area (Å²) in [7, 11) is 0. The van der Waals surface area contributed by atoms with Crippen LogP contribution in [0, 0.1) is 11.6 Å². The Morgan fingerprint density at radius 3 is 2.31 bits per heavy atom. The number of alkyl halides is 3. The van der Waals surface area contributed by atoms with Gasteiger partial charge in [-0.1, -0.05) is 12.1 Å². The summed E-state index contributed by atoms with van der Waals surface area (Å²) in [6, 6.07) is 8.98. The number of aliphatic carboxylic acids is 1. The molecule has 2 aromatic rings. The number of halogens is 5. The third-order valence-corrected chi connectivity index (χ3v) is 5.22. The second kappa shape index (κ2) is 15.8. The first kappa shape index (κ1) is 31.8. The average molecular weight is 564 g/mol. The van der Waals surface area contributed by atoms with E-state index in [1.54, 1.807) is 31.2 Å². The molecule has 8 nitrogen and oxygen atoms in total. The zero-order valence-electron chi connectivity index (χ0n) is 21.2. The molecule has 0 saturated carbocycles. The van der Waals surface area contributed by atoms with E-state index in [0.29, 0.717) is 17.4 Å². The predicted molar refractivity (Wildman–Crippen MR) is 129 cm³/mol. The van der Waals surface area contributed by atoms with Crippen LogP contribution in [-0.4, -0.2) is 73.9 Å². The van der Waals surface area contributed by atoms with E-state index < -0.39 is 48.1 Å². The smallest absolute Gasteiger partial charge is 0.415 e. The number of hydrogen-bond acceptors (Lipinski definition) is 6. The Labute approximate surface area is 222 Å². The standard InChI is InChI=1S/C26H30F5NO7/c1-2-37-23(24(33)34)16-18-4-7-20(8-5-18)38-15-12-32(11-14-36-13-3-10-26(29,30)31)25(35)39-22-9-6-19(27)17-21(22)28/h4-9,17,23H,2-3,10-16H2,1H3,(H,33,34). The molecule has 0 aliphatic heterocycles. The molecule has 1 amide bonds. The molecule has 0 fully saturated rings. The maximum absolute atomic E-state index is 13.9. The largest absolute Gasteiger partial charge is 0.492 e. The van der Waals surface area contributed by atoms with Gasteiger partial charge in [-0.25, -0.2) is 18.4 Å². The van der Waals surface area contributed by atoms with Crippen molar-refractivity contribution < 1.29 is 55.6 Å². The molecule has 0 spiro atoms.